The van der Waals surface area contributed by atoms with Gasteiger partial charge in [0.2, 0.25) is 0 Å². The lowest BCUT2D eigenvalue weighted by Crippen LogP contribution is -2.01. The molecule has 0 atom stereocenters. The molecule has 1 rings (SSSR count). The summed E-state index contributed by atoms with van der Waals surface area (Å²) in [5, 5.41) is 4.02. The van der Waals surface area contributed by atoms with E-state index in [1.54, 1.807) is 0 Å². The highest BCUT2D eigenvalue weighted by Gasteiger charge is 2.16. The van der Waals surface area contributed by atoms with Gasteiger partial charge in [-0.3, -0.25) is 0 Å². The summed E-state index contributed by atoms with van der Waals surface area (Å²) in [5.74, 6) is 0.719. The van der Waals surface area contributed by atoms with E-state index >= 15 is 0 Å². The monoisotopic (exact) mass is 294 g/mol. The Morgan fingerprint density at radius 1 is 1.59 bits per heavy atom. The number of hydrogen-bond donors (Lipinski definition) is 1. The molecule has 0 saturated heterocycles. The number of unbranched alkanes of at least 4 members (excludes halogenated alkanes) is 1. The Hall–Kier alpha value is -0.460. The SMILES string of the molecule is COC(=O)c1sc(NCCCCSC)nc1Cl. The van der Waals surface area contributed by atoms with Crippen LogP contribution in [0.5, 0.6) is 0 Å². The second-order valence-corrected chi connectivity index (χ2v) is 5.60. The van der Waals surface area contributed by atoms with Crippen LogP contribution in [0, 0.1) is 0 Å². The molecule has 1 heterocycles. The summed E-state index contributed by atoms with van der Waals surface area (Å²) in [4.78, 5) is 15.7. The van der Waals surface area contributed by atoms with Crippen LogP contribution in [0.15, 0.2) is 0 Å². The number of carbonyl (C=O) groups is 1. The third-order valence-electron chi connectivity index (χ3n) is 2.01. The van der Waals surface area contributed by atoms with Crippen LogP contribution in [-0.2, 0) is 4.74 Å². The number of thiazole rings is 1. The number of aromatic nitrogens is 1. The van der Waals surface area contributed by atoms with Crippen LogP contribution in [0.3, 0.4) is 0 Å². The molecule has 0 fully saturated rings. The minimum absolute atomic E-state index is 0.202. The van der Waals surface area contributed by atoms with Crippen LogP contribution in [0.4, 0.5) is 5.13 Å². The van der Waals surface area contributed by atoms with Crippen molar-refractivity contribution in [3.63, 3.8) is 0 Å². The van der Waals surface area contributed by atoms with Gasteiger partial charge < -0.3 is 10.1 Å². The first-order chi connectivity index (χ1) is 8.19. The number of methoxy groups -OCH3 is 1. The first-order valence-corrected chi connectivity index (χ1v) is 7.75. The molecule has 0 bridgehead atoms. The fourth-order valence-corrected chi connectivity index (χ4v) is 2.78. The molecule has 0 aliphatic heterocycles. The van der Waals surface area contributed by atoms with Crippen molar-refractivity contribution in [2.24, 2.45) is 0 Å². The fraction of sp³-hybridized carbons (Fsp3) is 0.600. The van der Waals surface area contributed by atoms with E-state index in [1.807, 2.05) is 11.8 Å². The van der Waals surface area contributed by atoms with Gasteiger partial charge in [0.15, 0.2) is 15.2 Å². The van der Waals surface area contributed by atoms with Gasteiger partial charge in [-0.05, 0) is 24.9 Å². The molecule has 1 aromatic heterocycles. The predicted octanol–water partition coefficient (Wildman–Crippen LogP) is 3.14. The number of esters is 1. The lowest BCUT2D eigenvalue weighted by Gasteiger charge is -2.00. The number of hydrogen-bond acceptors (Lipinski definition) is 6. The van der Waals surface area contributed by atoms with Crippen LogP contribution in [-0.4, -0.2) is 36.6 Å². The van der Waals surface area contributed by atoms with Crippen LogP contribution < -0.4 is 5.32 Å². The van der Waals surface area contributed by atoms with E-state index in [1.165, 1.54) is 18.4 Å². The maximum Gasteiger partial charge on any atom is 0.351 e. The van der Waals surface area contributed by atoms with Gasteiger partial charge in [0.1, 0.15) is 0 Å². The lowest BCUT2D eigenvalue weighted by molar-refractivity contribution is 0.0606. The maximum atomic E-state index is 11.3. The first-order valence-electron chi connectivity index (χ1n) is 5.16. The number of carbonyl (C=O) groups excluding carboxylic acids is 1. The van der Waals surface area contributed by atoms with Gasteiger partial charge >= 0.3 is 5.97 Å². The molecule has 1 aromatic rings. The summed E-state index contributed by atoms with van der Waals surface area (Å²) < 4.78 is 4.60. The summed E-state index contributed by atoms with van der Waals surface area (Å²) in [6, 6.07) is 0. The van der Waals surface area contributed by atoms with Gasteiger partial charge in [-0.1, -0.05) is 22.9 Å². The zero-order valence-corrected chi connectivity index (χ0v) is 12.2. The van der Waals surface area contributed by atoms with Crippen molar-refractivity contribution in [2.45, 2.75) is 12.8 Å². The third-order valence-corrected chi connectivity index (χ3v) is 4.08. The van der Waals surface area contributed by atoms with E-state index in [4.69, 9.17) is 11.6 Å². The van der Waals surface area contributed by atoms with E-state index in [9.17, 15) is 4.79 Å². The Labute approximate surface area is 114 Å². The molecule has 0 aliphatic rings. The molecule has 0 aliphatic carbocycles. The molecule has 0 amide bonds. The molecule has 17 heavy (non-hydrogen) atoms. The van der Waals surface area contributed by atoms with Gasteiger partial charge in [0, 0.05) is 6.54 Å². The van der Waals surface area contributed by atoms with Crippen LogP contribution >= 0.6 is 34.7 Å². The molecule has 1 N–H and O–H groups in total. The molecule has 4 nitrogen and oxygen atoms in total. The zero-order valence-electron chi connectivity index (χ0n) is 9.79. The van der Waals surface area contributed by atoms with Crippen molar-refractivity contribution >= 4 is 45.8 Å². The van der Waals surface area contributed by atoms with Gasteiger partial charge in [-0.2, -0.15) is 11.8 Å². The van der Waals surface area contributed by atoms with E-state index < -0.39 is 5.97 Å². The highest BCUT2D eigenvalue weighted by molar-refractivity contribution is 7.98. The molecule has 7 heteroatoms. The van der Waals surface area contributed by atoms with Gasteiger partial charge in [-0.25, -0.2) is 9.78 Å². The summed E-state index contributed by atoms with van der Waals surface area (Å²) in [5.41, 5.74) is 0. The highest BCUT2D eigenvalue weighted by atomic mass is 35.5. The summed E-state index contributed by atoms with van der Waals surface area (Å²) in [7, 11) is 1.33. The molecule has 0 saturated carbocycles. The van der Waals surface area contributed by atoms with Crippen LogP contribution in [0.2, 0.25) is 5.15 Å². The lowest BCUT2D eigenvalue weighted by atomic mass is 10.3. The largest absolute Gasteiger partial charge is 0.465 e. The topological polar surface area (TPSA) is 51.2 Å². The first kappa shape index (κ1) is 14.6. The van der Waals surface area contributed by atoms with Crippen molar-refractivity contribution in [3.8, 4) is 0 Å². The molecule has 0 aromatic carbocycles. The van der Waals surface area contributed by atoms with Gasteiger partial charge in [0.05, 0.1) is 7.11 Å². The summed E-state index contributed by atoms with van der Waals surface area (Å²) in [6.45, 7) is 0.838. The smallest absolute Gasteiger partial charge is 0.351 e. The number of nitrogens with zero attached hydrogens (tertiary/aromatic N) is 1. The summed E-state index contributed by atoms with van der Waals surface area (Å²) in [6.07, 6.45) is 4.33. The quantitative estimate of drug-likeness (QED) is 0.618. The van der Waals surface area contributed by atoms with Crippen LogP contribution in [0.25, 0.3) is 0 Å². The number of rotatable bonds is 7. The minimum atomic E-state index is -0.442. The van der Waals surface area contributed by atoms with E-state index in [-0.39, 0.29) is 5.15 Å². The second kappa shape index (κ2) is 7.79. The Balaban J connectivity index is 2.42. The third kappa shape index (κ3) is 4.73. The van der Waals surface area contributed by atoms with Crippen molar-refractivity contribution in [2.75, 3.05) is 31.0 Å². The molecule has 0 radical (unpaired) electrons. The normalized spacial score (nSPS) is 10.3. The van der Waals surface area contributed by atoms with E-state index in [2.05, 4.69) is 21.3 Å². The van der Waals surface area contributed by atoms with E-state index in [0.29, 0.717) is 10.0 Å². The van der Waals surface area contributed by atoms with Crippen molar-refractivity contribution in [1.29, 1.82) is 0 Å². The number of anilines is 1. The molecular formula is C10H15ClN2O2S2. The Morgan fingerprint density at radius 2 is 2.35 bits per heavy atom. The van der Waals surface area contributed by atoms with Crippen molar-refractivity contribution in [1.82, 2.24) is 4.98 Å². The number of nitrogens with one attached hydrogen (secondary N) is 1. The number of ether oxygens (including phenoxy) is 1. The fourth-order valence-electron chi connectivity index (χ4n) is 1.16. The van der Waals surface area contributed by atoms with Gasteiger partial charge in [-0.15, -0.1) is 0 Å². The number of thioether (sulfide) groups is 1. The second-order valence-electron chi connectivity index (χ2n) is 3.26. The highest BCUT2D eigenvalue weighted by Crippen LogP contribution is 2.27. The maximum absolute atomic E-state index is 11.3. The molecule has 0 unspecified atom stereocenters. The minimum Gasteiger partial charge on any atom is -0.465 e. The van der Waals surface area contributed by atoms with E-state index in [0.717, 1.165) is 25.1 Å². The molecular weight excluding hydrogens is 280 g/mol. The zero-order chi connectivity index (χ0) is 12.7. The number of halogens is 1. The standard InChI is InChI=1S/C10H15ClN2O2S2/c1-15-9(14)7-8(11)13-10(17-7)12-5-3-4-6-16-2/h3-6H2,1-2H3,(H,12,13). The van der Waals surface area contributed by atoms with Crippen molar-refractivity contribution in [3.05, 3.63) is 10.0 Å². The summed E-state index contributed by atoms with van der Waals surface area (Å²) >= 11 is 8.90. The Kier molecular flexibility index (Phi) is 6.69. The van der Waals surface area contributed by atoms with Crippen molar-refractivity contribution < 1.29 is 9.53 Å². The van der Waals surface area contributed by atoms with Crippen LogP contribution in [0.1, 0.15) is 22.5 Å². The average molecular weight is 295 g/mol. The molecule has 0 spiro atoms. The Bertz CT molecular complexity index is 371. The molecule has 96 valence electrons. The Morgan fingerprint density at radius 3 is 3.00 bits per heavy atom. The predicted molar refractivity (Wildman–Crippen MR) is 74.6 cm³/mol. The van der Waals surface area contributed by atoms with Gasteiger partial charge in [0.25, 0.3) is 0 Å². The average Bonchev–Trinajstić information content (AvgIpc) is 2.69.